The van der Waals surface area contributed by atoms with E-state index in [1.54, 1.807) is 11.3 Å². The van der Waals surface area contributed by atoms with Gasteiger partial charge in [0, 0.05) is 23.4 Å². The second-order valence-corrected chi connectivity index (χ2v) is 7.73. The van der Waals surface area contributed by atoms with Gasteiger partial charge in [-0.05, 0) is 25.9 Å². The fourth-order valence-electron chi connectivity index (χ4n) is 4.11. The second-order valence-electron chi connectivity index (χ2n) is 6.87. The molecule has 3 fully saturated rings. The van der Waals surface area contributed by atoms with Crippen molar-refractivity contribution < 1.29 is 4.74 Å². The van der Waals surface area contributed by atoms with Crippen molar-refractivity contribution >= 4 is 22.5 Å². The van der Waals surface area contributed by atoms with Gasteiger partial charge in [-0.2, -0.15) is 0 Å². The third-order valence-electron chi connectivity index (χ3n) is 5.40. The van der Waals surface area contributed by atoms with E-state index in [0.717, 1.165) is 29.5 Å². The van der Waals surface area contributed by atoms with Crippen molar-refractivity contribution in [3.63, 3.8) is 0 Å². The zero-order valence-corrected chi connectivity index (χ0v) is 14.3. The average molecular weight is 340 g/mol. The zero-order chi connectivity index (χ0) is 16.0. The van der Waals surface area contributed by atoms with Gasteiger partial charge in [0.15, 0.2) is 5.13 Å². The van der Waals surface area contributed by atoms with Gasteiger partial charge in [-0.25, -0.2) is 9.98 Å². The Morgan fingerprint density at radius 1 is 1.21 bits per heavy atom. The first-order valence-corrected chi connectivity index (χ1v) is 9.43. The summed E-state index contributed by atoms with van der Waals surface area (Å²) in [7, 11) is 0. The minimum atomic E-state index is -0.0989. The van der Waals surface area contributed by atoms with Crippen LogP contribution in [0.5, 0.6) is 0 Å². The van der Waals surface area contributed by atoms with Crippen LogP contribution < -0.4 is 5.32 Å². The van der Waals surface area contributed by atoms with Crippen LogP contribution in [-0.4, -0.2) is 47.7 Å². The molecule has 4 aliphatic rings. The van der Waals surface area contributed by atoms with Crippen molar-refractivity contribution in [2.45, 2.75) is 18.4 Å². The van der Waals surface area contributed by atoms with Gasteiger partial charge >= 0.3 is 0 Å². The van der Waals surface area contributed by atoms with Crippen molar-refractivity contribution in [3.05, 3.63) is 35.7 Å². The fourth-order valence-corrected chi connectivity index (χ4v) is 4.82. The van der Waals surface area contributed by atoms with E-state index in [2.05, 4.69) is 37.7 Å². The van der Waals surface area contributed by atoms with Gasteiger partial charge in [-0.3, -0.25) is 10.2 Å². The smallest absolute Gasteiger partial charge is 0.291 e. The first-order chi connectivity index (χ1) is 11.8. The van der Waals surface area contributed by atoms with Crippen molar-refractivity contribution in [2.75, 3.05) is 31.5 Å². The van der Waals surface area contributed by atoms with Crippen LogP contribution in [0.15, 0.2) is 40.7 Å². The van der Waals surface area contributed by atoms with Gasteiger partial charge in [0.05, 0.1) is 12.2 Å². The number of rotatable bonds is 2. The Hall–Kier alpha value is -1.92. The van der Waals surface area contributed by atoms with Crippen LogP contribution in [0.2, 0.25) is 0 Å². The highest BCUT2D eigenvalue weighted by molar-refractivity contribution is 7.14. The molecule has 124 valence electrons. The van der Waals surface area contributed by atoms with Gasteiger partial charge < -0.3 is 4.74 Å². The molecule has 24 heavy (non-hydrogen) atoms. The molecule has 5 heterocycles. The summed E-state index contributed by atoms with van der Waals surface area (Å²) in [5.74, 6) is 0.640. The Morgan fingerprint density at radius 2 is 2.04 bits per heavy atom. The summed E-state index contributed by atoms with van der Waals surface area (Å²) in [5.41, 5.74) is 2.02. The molecule has 0 radical (unpaired) electrons. The van der Waals surface area contributed by atoms with Crippen molar-refractivity contribution in [2.24, 2.45) is 10.9 Å². The topological polar surface area (TPSA) is 49.8 Å². The van der Waals surface area contributed by atoms with Gasteiger partial charge in [-0.15, -0.1) is 11.3 Å². The van der Waals surface area contributed by atoms with Gasteiger partial charge in [-0.1, -0.05) is 30.3 Å². The van der Waals surface area contributed by atoms with E-state index in [1.807, 2.05) is 18.2 Å². The van der Waals surface area contributed by atoms with Crippen LogP contribution >= 0.6 is 11.3 Å². The Balaban J connectivity index is 1.29. The quantitative estimate of drug-likeness (QED) is 0.913. The Morgan fingerprint density at radius 3 is 2.79 bits per heavy atom. The molecule has 1 atom stereocenters. The molecule has 0 aliphatic carbocycles. The number of benzene rings is 1. The summed E-state index contributed by atoms with van der Waals surface area (Å²) in [5, 5.41) is 6.18. The maximum atomic E-state index is 6.31. The third-order valence-corrected chi connectivity index (χ3v) is 6.16. The summed E-state index contributed by atoms with van der Waals surface area (Å²) < 4.78 is 6.31. The van der Waals surface area contributed by atoms with Crippen LogP contribution in [-0.2, 0) is 4.74 Å². The molecule has 1 N–H and O–H groups in total. The number of amidine groups is 1. The maximum Gasteiger partial charge on any atom is 0.291 e. The summed E-state index contributed by atoms with van der Waals surface area (Å²) >= 11 is 1.59. The van der Waals surface area contributed by atoms with Crippen LogP contribution in [0.1, 0.15) is 12.8 Å². The number of anilines is 1. The number of thiazole rings is 1. The Labute approximate surface area is 145 Å². The summed E-state index contributed by atoms with van der Waals surface area (Å²) in [4.78, 5) is 11.8. The van der Waals surface area contributed by atoms with Crippen molar-refractivity contribution in [1.29, 1.82) is 0 Å². The lowest BCUT2D eigenvalue weighted by molar-refractivity contribution is -0.0829. The van der Waals surface area contributed by atoms with E-state index in [-0.39, 0.29) is 5.60 Å². The largest absolute Gasteiger partial charge is 0.455 e. The van der Waals surface area contributed by atoms with E-state index < -0.39 is 0 Å². The highest BCUT2D eigenvalue weighted by Gasteiger charge is 2.51. The van der Waals surface area contributed by atoms with Crippen LogP contribution in [0, 0.1) is 5.92 Å². The molecule has 2 bridgehead atoms. The lowest BCUT2D eigenvalue weighted by Crippen LogP contribution is -2.61. The van der Waals surface area contributed by atoms with Crippen molar-refractivity contribution in [1.82, 2.24) is 9.88 Å². The van der Waals surface area contributed by atoms with E-state index in [0.29, 0.717) is 11.9 Å². The van der Waals surface area contributed by atoms with E-state index >= 15 is 0 Å². The SMILES string of the molecule is c1ccc(-c2csc(NC3=NCC4(CN5CCC4CC5)O3)n2)cc1. The number of ether oxygens (including phenoxy) is 1. The molecular formula is C18H20N4OS. The molecule has 5 nitrogen and oxygen atoms in total. The number of hydrogen-bond acceptors (Lipinski definition) is 6. The van der Waals surface area contributed by atoms with Crippen LogP contribution in [0.3, 0.4) is 0 Å². The molecule has 6 rings (SSSR count). The van der Waals surface area contributed by atoms with Crippen LogP contribution in [0.25, 0.3) is 11.3 Å². The third kappa shape index (κ3) is 2.41. The van der Waals surface area contributed by atoms with E-state index in [9.17, 15) is 0 Å². The van der Waals surface area contributed by atoms with E-state index in [4.69, 9.17) is 4.74 Å². The summed E-state index contributed by atoms with van der Waals surface area (Å²) in [6.45, 7) is 4.21. The number of nitrogens with one attached hydrogen (secondary N) is 1. The lowest BCUT2D eigenvalue weighted by Gasteiger charge is -2.50. The molecule has 1 aromatic carbocycles. The molecule has 2 aromatic rings. The van der Waals surface area contributed by atoms with Gasteiger partial charge in [0.25, 0.3) is 6.02 Å². The van der Waals surface area contributed by atoms with E-state index in [1.165, 1.54) is 25.9 Å². The Bertz CT molecular complexity index is 766. The predicted molar refractivity (Wildman–Crippen MR) is 96.5 cm³/mol. The lowest BCUT2D eigenvalue weighted by atomic mass is 9.75. The molecule has 3 saturated heterocycles. The predicted octanol–water partition coefficient (Wildman–Crippen LogP) is 3.07. The monoisotopic (exact) mass is 340 g/mol. The molecular weight excluding hydrogens is 320 g/mol. The Kier molecular flexibility index (Phi) is 3.35. The number of aromatic nitrogens is 1. The normalized spacial score (nSPS) is 31.1. The summed E-state index contributed by atoms with van der Waals surface area (Å²) in [6, 6.07) is 10.9. The maximum absolute atomic E-state index is 6.31. The van der Waals surface area contributed by atoms with Gasteiger partial charge in [0.2, 0.25) is 0 Å². The number of nitrogens with zero attached hydrogens (tertiary/aromatic N) is 3. The molecule has 4 aliphatic heterocycles. The molecule has 1 aromatic heterocycles. The first kappa shape index (κ1) is 14.4. The van der Waals surface area contributed by atoms with Gasteiger partial charge in [0.1, 0.15) is 5.60 Å². The number of fused-ring (bicyclic) bond motifs is 2. The number of piperidine rings is 3. The number of hydrogen-bond donors (Lipinski definition) is 1. The first-order valence-electron chi connectivity index (χ1n) is 8.55. The minimum Gasteiger partial charge on any atom is -0.455 e. The average Bonchev–Trinajstić information content (AvgIpc) is 3.25. The fraction of sp³-hybridized carbons (Fsp3) is 0.444. The minimum absolute atomic E-state index is 0.0989. The molecule has 1 spiro atoms. The molecule has 0 saturated carbocycles. The number of aliphatic imine (C=N–C) groups is 1. The second kappa shape index (κ2) is 5.57. The molecule has 6 heteroatoms. The molecule has 0 amide bonds. The molecule has 1 unspecified atom stereocenters. The summed E-state index contributed by atoms with van der Waals surface area (Å²) in [6.07, 6.45) is 2.47. The zero-order valence-electron chi connectivity index (χ0n) is 13.4. The van der Waals surface area contributed by atoms with Crippen LogP contribution in [0.4, 0.5) is 5.13 Å². The van der Waals surface area contributed by atoms with Crippen molar-refractivity contribution in [3.8, 4) is 11.3 Å². The highest BCUT2D eigenvalue weighted by atomic mass is 32.1. The highest BCUT2D eigenvalue weighted by Crippen LogP contribution is 2.41. The standard InChI is InChI=1S/C18H20N4OS/c1-2-4-13(5-3-1)15-10-24-17(20-15)21-16-19-11-18(23-16)12-22-8-6-14(18)7-9-22/h1-5,10,14H,6-9,11-12H2,(H,19,20,21).